The molecule has 0 aliphatic heterocycles. The molecule has 5 aromatic rings. The summed E-state index contributed by atoms with van der Waals surface area (Å²) in [5, 5.41) is 4.39. The maximum atomic E-state index is 6.03. The molecular weight excluding hydrogens is 340 g/mol. The van der Waals surface area contributed by atoms with Gasteiger partial charge in [0.15, 0.2) is 5.82 Å². The minimum absolute atomic E-state index is 0.628. The van der Waals surface area contributed by atoms with Gasteiger partial charge in [-0.25, -0.2) is 19.6 Å². The first-order valence-electron chi connectivity index (χ1n) is 8.38. The molecule has 1 aromatic carbocycles. The number of imidazole rings is 1. The number of fused-ring (bicyclic) bond motifs is 1. The molecule has 7 nitrogen and oxygen atoms in total. The zero-order valence-corrected chi connectivity index (χ0v) is 14.2. The van der Waals surface area contributed by atoms with E-state index in [9.17, 15) is 0 Å². The van der Waals surface area contributed by atoms with E-state index in [2.05, 4.69) is 20.1 Å². The Labute approximate surface area is 154 Å². The van der Waals surface area contributed by atoms with E-state index in [0.717, 1.165) is 22.5 Å². The summed E-state index contributed by atoms with van der Waals surface area (Å²) in [6.45, 7) is 0. The lowest BCUT2D eigenvalue weighted by Crippen LogP contribution is -1.98. The van der Waals surface area contributed by atoms with Crippen LogP contribution in [0.25, 0.3) is 22.5 Å². The molecule has 7 heteroatoms. The molecule has 130 valence electrons. The van der Waals surface area contributed by atoms with E-state index in [0.29, 0.717) is 11.5 Å². The zero-order chi connectivity index (χ0) is 18.1. The van der Waals surface area contributed by atoms with Gasteiger partial charge in [-0.15, -0.1) is 0 Å². The van der Waals surface area contributed by atoms with Crippen molar-refractivity contribution in [3.8, 4) is 23.0 Å². The second-order valence-corrected chi connectivity index (χ2v) is 5.89. The fraction of sp³-hybridized carbons (Fsp3) is 0. The van der Waals surface area contributed by atoms with Crippen LogP contribution in [0, 0.1) is 0 Å². The summed E-state index contributed by atoms with van der Waals surface area (Å²) in [6.07, 6.45) is 10.5. The molecule has 0 fully saturated rings. The van der Waals surface area contributed by atoms with Crippen molar-refractivity contribution in [1.29, 1.82) is 0 Å². The molecule has 0 N–H and O–H groups in total. The Bertz CT molecular complexity index is 1200. The van der Waals surface area contributed by atoms with Crippen LogP contribution in [0.1, 0.15) is 0 Å². The Balaban J connectivity index is 1.50. The van der Waals surface area contributed by atoms with Crippen LogP contribution >= 0.6 is 0 Å². The minimum atomic E-state index is 0.628. The monoisotopic (exact) mass is 354 g/mol. The summed E-state index contributed by atoms with van der Waals surface area (Å²) in [5.74, 6) is 2.07. The first kappa shape index (κ1) is 15.3. The van der Waals surface area contributed by atoms with Gasteiger partial charge in [0.1, 0.15) is 17.0 Å². The van der Waals surface area contributed by atoms with Crippen molar-refractivity contribution in [3.63, 3.8) is 0 Å². The van der Waals surface area contributed by atoms with Crippen LogP contribution in [0.5, 0.6) is 11.5 Å². The number of pyridine rings is 2. The second-order valence-electron chi connectivity index (χ2n) is 5.89. The molecule has 0 saturated carbocycles. The van der Waals surface area contributed by atoms with E-state index in [4.69, 9.17) is 4.74 Å². The van der Waals surface area contributed by atoms with E-state index < -0.39 is 0 Å². The molecule has 0 spiro atoms. The van der Waals surface area contributed by atoms with Gasteiger partial charge in [-0.2, -0.15) is 5.10 Å². The summed E-state index contributed by atoms with van der Waals surface area (Å²) in [6, 6.07) is 15.4. The fourth-order valence-corrected chi connectivity index (χ4v) is 2.86. The minimum Gasteiger partial charge on any atom is -0.456 e. The molecule has 0 unspecified atom stereocenters. The van der Waals surface area contributed by atoms with E-state index in [1.165, 1.54) is 0 Å². The highest BCUT2D eigenvalue weighted by Gasteiger charge is 2.09. The molecule has 0 aliphatic carbocycles. The van der Waals surface area contributed by atoms with Crippen molar-refractivity contribution in [2.75, 3.05) is 0 Å². The molecule has 5 rings (SSSR count). The normalized spacial score (nSPS) is 11.0. The van der Waals surface area contributed by atoms with Gasteiger partial charge >= 0.3 is 0 Å². The number of ether oxygens (including phenoxy) is 1. The van der Waals surface area contributed by atoms with Gasteiger partial charge in [-0.1, -0.05) is 12.1 Å². The molecule has 0 aliphatic rings. The van der Waals surface area contributed by atoms with Gasteiger partial charge < -0.3 is 9.30 Å². The average Bonchev–Trinajstić information content (AvgIpc) is 3.39. The Kier molecular flexibility index (Phi) is 3.61. The van der Waals surface area contributed by atoms with Crippen molar-refractivity contribution in [2.45, 2.75) is 0 Å². The second kappa shape index (κ2) is 6.38. The molecule has 27 heavy (non-hydrogen) atoms. The van der Waals surface area contributed by atoms with Gasteiger partial charge in [-0.3, -0.25) is 0 Å². The first-order valence-corrected chi connectivity index (χ1v) is 8.38. The van der Waals surface area contributed by atoms with Crippen molar-refractivity contribution in [1.82, 2.24) is 29.3 Å². The first-order chi connectivity index (χ1) is 13.4. The maximum Gasteiger partial charge on any atom is 0.154 e. The van der Waals surface area contributed by atoms with Crippen molar-refractivity contribution in [3.05, 3.63) is 85.8 Å². The fourth-order valence-electron chi connectivity index (χ4n) is 2.86. The zero-order valence-electron chi connectivity index (χ0n) is 14.2. The summed E-state index contributed by atoms with van der Waals surface area (Å²) >= 11 is 0. The molecular formula is C20H14N6O. The van der Waals surface area contributed by atoms with Gasteiger partial charge in [0.2, 0.25) is 0 Å². The van der Waals surface area contributed by atoms with Crippen LogP contribution in [0.3, 0.4) is 0 Å². The molecule has 0 amide bonds. The Morgan fingerprint density at radius 3 is 2.70 bits per heavy atom. The summed E-state index contributed by atoms with van der Waals surface area (Å²) in [7, 11) is 0. The third kappa shape index (κ3) is 2.91. The van der Waals surface area contributed by atoms with Gasteiger partial charge in [0, 0.05) is 30.7 Å². The Morgan fingerprint density at radius 1 is 0.852 bits per heavy atom. The number of hydrogen-bond donors (Lipinski definition) is 0. The van der Waals surface area contributed by atoms with Crippen LogP contribution in [-0.2, 0) is 0 Å². The standard InChI is InChI=1S/C20H14N6O/c1-2-7-22-20(6-1)26-19-11-17(12-23-18(19)13-24-26)27-16-5-3-4-15(10-16)25-9-8-21-14-25/h1-14H. The smallest absolute Gasteiger partial charge is 0.154 e. The molecule has 4 heterocycles. The molecule has 4 aromatic heterocycles. The van der Waals surface area contributed by atoms with Crippen LogP contribution in [0.2, 0.25) is 0 Å². The predicted octanol–water partition coefficient (Wildman–Crippen LogP) is 3.79. The number of hydrogen-bond acceptors (Lipinski definition) is 5. The number of benzene rings is 1. The van der Waals surface area contributed by atoms with E-state index in [-0.39, 0.29) is 0 Å². The van der Waals surface area contributed by atoms with E-state index in [1.807, 2.05) is 59.3 Å². The van der Waals surface area contributed by atoms with Crippen molar-refractivity contribution in [2.24, 2.45) is 0 Å². The lowest BCUT2D eigenvalue weighted by Gasteiger charge is -2.08. The van der Waals surface area contributed by atoms with Crippen LogP contribution < -0.4 is 4.74 Å². The molecule has 0 saturated heterocycles. The number of aromatic nitrogens is 6. The molecule has 0 bridgehead atoms. The van der Waals surface area contributed by atoms with E-state index >= 15 is 0 Å². The third-order valence-corrected chi connectivity index (χ3v) is 4.12. The third-order valence-electron chi connectivity index (χ3n) is 4.12. The highest BCUT2D eigenvalue weighted by molar-refractivity contribution is 5.77. The Hall–Kier alpha value is -4.00. The largest absolute Gasteiger partial charge is 0.456 e. The van der Waals surface area contributed by atoms with Crippen LogP contribution in [0.15, 0.2) is 85.8 Å². The van der Waals surface area contributed by atoms with Crippen LogP contribution in [0.4, 0.5) is 0 Å². The number of rotatable bonds is 4. The van der Waals surface area contributed by atoms with Crippen molar-refractivity contribution >= 4 is 11.0 Å². The SMILES string of the molecule is c1ccc(-n2ncc3ncc(Oc4cccc(-n5ccnc5)c4)cc32)nc1. The molecule has 0 atom stereocenters. The summed E-state index contributed by atoms with van der Waals surface area (Å²) in [4.78, 5) is 12.9. The summed E-state index contributed by atoms with van der Waals surface area (Å²) < 4.78 is 9.70. The molecule has 0 radical (unpaired) electrons. The van der Waals surface area contributed by atoms with Crippen LogP contribution in [-0.4, -0.2) is 29.3 Å². The quantitative estimate of drug-likeness (QED) is 0.491. The average molecular weight is 354 g/mol. The van der Waals surface area contributed by atoms with Crippen molar-refractivity contribution < 1.29 is 4.74 Å². The maximum absolute atomic E-state index is 6.03. The predicted molar refractivity (Wildman–Crippen MR) is 100 cm³/mol. The lowest BCUT2D eigenvalue weighted by atomic mass is 10.3. The number of nitrogens with zero attached hydrogens (tertiary/aromatic N) is 6. The highest BCUT2D eigenvalue weighted by Crippen LogP contribution is 2.26. The van der Waals surface area contributed by atoms with Gasteiger partial charge in [0.25, 0.3) is 0 Å². The topological polar surface area (TPSA) is 70.7 Å². The highest BCUT2D eigenvalue weighted by atomic mass is 16.5. The van der Waals surface area contributed by atoms with Gasteiger partial charge in [0.05, 0.1) is 29.9 Å². The Morgan fingerprint density at radius 2 is 1.85 bits per heavy atom. The lowest BCUT2D eigenvalue weighted by molar-refractivity contribution is 0.481. The van der Waals surface area contributed by atoms with Gasteiger partial charge in [-0.05, 0) is 24.3 Å². The summed E-state index contributed by atoms with van der Waals surface area (Å²) in [5.41, 5.74) is 2.58. The van der Waals surface area contributed by atoms with E-state index in [1.54, 1.807) is 35.8 Å².